The Kier molecular flexibility index (Phi) is 45.0. The predicted molar refractivity (Wildman–Crippen MR) is 547 cm³/mol. The van der Waals surface area contributed by atoms with Gasteiger partial charge in [-0.15, -0.1) is 22.7 Å². The van der Waals surface area contributed by atoms with Gasteiger partial charge in [0.05, 0.1) is 111 Å². The normalized spacial score (nSPS) is 13.1. The summed E-state index contributed by atoms with van der Waals surface area (Å²) in [7, 11) is 0.241. The van der Waals surface area contributed by atoms with Gasteiger partial charge in [0.15, 0.2) is 34.0 Å². The first-order valence-electron chi connectivity index (χ1n) is 46.9. The van der Waals surface area contributed by atoms with E-state index in [2.05, 4.69) is 53.3 Å². The van der Waals surface area contributed by atoms with Gasteiger partial charge in [0, 0.05) is 56.8 Å². The van der Waals surface area contributed by atoms with E-state index in [9.17, 15) is 63.3 Å². The molecule has 0 aliphatic carbocycles. The number of halogens is 6. The number of hydrogen-bond donors (Lipinski definition) is 1. The van der Waals surface area contributed by atoms with Crippen LogP contribution in [0.3, 0.4) is 0 Å². The van der Waals surface area contributed by atoms with Crippen molar-refractivity contribution in [3.8, 4) is 21.1 Å². The number of nitrogens with one attached hydrogen (secondary N) is 1. The quantitative estimate of drug-likeness (QED) is 0.0163. The van der Waals surface area contributed by atoms with Gasteiger partial charge in [-0.05, 0) is 188 Å². The van der Waals surface area contributed by atoms with E-state index in [0.29, 0.717) is 92.3 Å². The minimum absolute atomic E-state index is 0.103. The summed E-state index contributed by atoms with van der Waals surface area (Å²) in [5.41, 5.74) is 8.43. The van der Waals surface area contributed by atoms with Gasteiger partial charge in [0.2, 0.25) is 0 Å². The number of fused-ring (bicyclic) bond motifs is 5. The number of oxazole rings is 5. The van der Waals surface area contributed by atoms with Crippen LogP contribution >= 0.6 is 30.5 Å². The van der Waals surface area contributed by atoms with Crippen molar-refractivity contribution in [1.82, 2.24) is 34.9 Å². The van der Waals surface area contributed by atoms with Crippen molar-refractivity contribution >= 4 is 156 Å². The number of likely N-dealkylation sites (N-methyl/N-ethyl adjacent to an activating group) is 3. The molecule has 0 amide bonds. The van der Waals surface area contributed by atoms with Gasteiger partial charge in [-0.3, -0.25) is 27.3 Å². The molecule has 0 radical (unpaired) electrons. The summed E-state index contributed by atoms with van der Waals surface area (Å²) in [6.45, 7) is 30.3. The molecule has 1 aliphatic heterocycles. The van der Waals surface area contributed by atoms with E-state index >= 15 is 0 Å². The molecule has 1 aliphatic rings. The molecule has 1 unspecified atom stereocenters. The zero-order valence-corrected chi connectivity index (χ0v) is 88.9. The second kappa shape index (κ2) is 56.3. The van der Waals surface area contributed by atoms with E-state index in [4.69, 9.17) is 64.1 Å². The van der Waals surface area contributed by atoms with Crippen molar-refractivity contribution < 1.29 is 140 Å². The Morgan fingerprint density at radius 2 is 0.939 bits per heavy atom. The summed E-state index contributed by atoms with van der Waals surface area (Å²) in [5.74, 6) is -1.78. The van der Waals surface area contributed by atoms with Crippen LogP contribution in [0.4, 0.5) is 61.2 Å². The fourth-order valence-corrected chi connectivity index (χ4v) is 16.8. The van der Waals surface area contributed by atoms with Crippen LogP contribution < -0.4 is 24.9 Å². The first-order chi connectivity index (χ1) is 70.1. The number of aromatic nitrogens is 7. The van der Waals surface area contributed by atoms with Crippen molar-refractivity contribution in [2.24, 2.45) is 5.92 Å². The van der Waals surface area contributed by atoms with E-state index in [1.807, 2.05) is 168 Å². The number of carbonyl (C=O) groups excluding carboxylic acids is 5. The highest BCUT2D eigenvalue weighted by molar-refractivity contribution is 7.81. The smallest absolute Gasteiger partial charge is 0.467 e. The summed E-state index contributed by atoms with van der Waals surface area (Å²) >= 11 is 2.43. The van der Waals surface area contributed by atoms with Crippen LogP contribution in [0, 0.1) is 19.8 Å². The molecule has 7 aromatic carbocycles. The molecule has 14 aromatic rings. The van der Waals surface area contributed by atoms with Crippen molar-refractivity contribution in [2.75, 3.05) is 119 Å². The van der Waals surface area contributed by atoms with Gasteiger partial charge >= 0.3 is 60.6 Å². The molecule has 0 saturated carbocycles. The van der Waals surface area contributed by atoms with Gasteiger partial charge in [0.1, 0.15) is 63.5 Å². The monoisotopic (exact) mass is 2140 g/mol. The Bertz CT molecular complexity index is 6570. The molecule has 1 saturated heterocycles. The number of anilines is 5. The third-order valence-corrected chi connectivity index (χ3v) is 25.2. The maximum absolute atomic E-state index is 12.6. The largest absolute Gasteiger partial charge is 0.508 e. The Morgan fingerprint density at radius 1 is 0.507 bits per heavy atom. The topological polar surface area (TPSA) is 428 Å². The molecule has 0 spiro atoms. The van der Waals surface area contributed by atoms with Crippen LogP contribution in [0.15, 0.2) is 192 Å². The second-order valence-corrected chi connectivity index (χ2v) is 39.4. The van der Waals surface area contributed by atoms with Crippen molar-refractivity contribution in [1.29, 1.82) is 0 Å². The summed E-state index contributed by atoms with van der Waals surface area (Å²) in [6, 6.07) is 48.1. The number of rotatable bonds is 37. The zero-order chi connectivity index (χ0) is 108. The van der Waals surface area contributed by atoms with Crippen molar-refractivity contribution in [2.45, 2.75) is 185 Å². The minimum Gasteiger partial charge on any atom is -0.467 e. The molecule has 802 valence electrons. The molecule has 1 N–H and O–H groups in total. The number of thiazole rings is 2. The SMILES string of the molecule is CC(C)OC(=O)OCCN(C)c1nc2ccccc2o1.CC(C)OC(=O)[C@@H]1CCCN1c1nc2ccccc2o1.CC(C)OCCN(C)c1nc2ccccc2o1.CCOP(=O)(OCCN(C)c1nc2ccccc2o1)OC(C)C.COC(=O)[C@@H](COC(=O)C(C)C)Nc1nc2ccccc2o1.COS(=O)(=O)OCc1sc(-c2ccc(C(F)(F)F)cc2)nc1C.Cc1nc(-c2ccc(C(F)(F)F)cc2)sc1CC(=O)OC(C)C. The zero-order valence-electron chi connectivity index (χ0n) is 85.5. The number of phosphoric acid groups is 1. The minimum atomic E-state index is -4.40. The van der Waals surface area contributed by atoms with Crippen LogP contribution in [0.1, 0.15) is 135 Å². The lowest BCUT2D eigenvalue weighted by atomic mass is 10.1. The third kappa shape index (κ3) is 37.6. The van der Waals surface area contributed by atoms with Gasteiger partial charge in [0.25, 0.3) is 30.1 Å². The molecule has 8 heterocycles. The summed E-state index contributed by atoms with van der Waals surface area (Å²) in [6.07, 6.45) is -8.05. The molecule has 148 heavy (non-hydrogen) atoms. The van der Waals surface area contributed by atoms with E-state index in [1.165, 1.54) is 42.7 Å². The molecule has 0 bridgehead atoms. The Hall–Kier alpha value is -13.2. The molecule has 37 nitrogen and oxygen atoms in total. The Labute approximate surface area is 860 Å². The molecule has 47 heteroatoms. The lowest BCUT2D eigenvalue weighted by Gasteiger charge is -2.22. The highest BCUT2D eigenvalue weighted by atomic mass is 32.3. The van der Waals surface area contributed by atoms with E-state index in [1.54, 1.807) is 98.1 Å². The summed E-state index contributed by atoms with van der Waals surface area (Å²) in [4.78, 5) is 97.4. The first-order valence-corrected chi connectivity index (χ1v) is 51.4. The van der Waals surface area contributed by atoms with Crippen LogP contribution in [0.2, 0.25) is 0 Å². The average Bonchev–Trinajstić information content (AvgIpc) is 1.65. The van der Waals surface area contributed by atoms with E-state index in [0.717, 1.165) is 118 Å². The maximum atomic E-state index is 12.6. The number of hydrogen-bond acceptors (Lipinski definition) is 39. The van der Waals surface area contributed by atoms with E-state index < -0.39 is 65.8 Å². The number of benzene rings is 7. The van der Waals surface area contributed by atoms with Crippen LogP contribution in [-0.4, -0.2) is 211 Å². The van der Waals surface area contributed by atoms with Crippen molar-refractivity contribution in [3.63, 3.8) is 0 Å². The van der Waals surface area contributed by atoms with Gasteiger partial charge in [-0.25, -0.2) is 33.1 Å². The lowest BCUT2D eigenvalue weighted by Crippen LogP contribution is -2.38. The van der Waals surface area contributed by atoms with Gasteiger partial charge in [-0.2, -0.15) is 59.7 Å². The number of phosphoric ester groups is 1. The molecule has 7 aromatic heterocycles. The predicted octanol–water partition coefficient (Wildman–Crippen LogP) is 22.3. The van der Waals surface area contributed by atoms with Crippen LogP contribution in [0.5, 0.6) is 0 Å². The summed E-state index contributed by atoms with van der Waals surface area (Å²) in [5, 5.41) is 3.85. The van der Waals surface area contributed by atoms with Crippen molar-refractivity contribution in [3.05, 3.63) is 202 Å². The second-order valence-electron chi connectivity index (χ2n) is 34.2. The Balaban J connectivity index is 0.000000192. The highest BCUT2D eigenvalue weighted by Gasteiger charge is 2.37. The summed E-state index contributed by atoms with van der Waals surface area (Å²) < 4.78 is 198. The highest BCUT2D eigenvalue weighted by Crippen LogP contribution is 2.50. The van der Waals surface area contributed by atoms with Gasteiger partial charge in [-0.1, -0.05) is 98.8 Å². The molecule has 15 rings (SSSR count). The van der Waals surface area contributed by atoms with Crippen LogP contribution in [-0.2, 0) is 115 Å². The number of carbonyl (C=O) groups is 5. The Morgan fingerprint density at radius 3 is 1.36 bits per heavy atom. The fourth-order valence-electron chi connectivity index (χ4n) is 13.0. The molecular weight excluding hydrogens is 2020 g/mol. The molecule has 3 atom stereocenters. The molecular formula is C101H123F6N12O25PS3. The maximum Gasteiger partial charge on any atom is 0.508 e. The number of alkyl halides is 6. The number of aryl methyl sites for hydroxylation is 2. The van der Waals surface area contributed by atoms with E-state index in [-0.39, 0.29) is 99.9 Å². The number of nitrogens with zero attached hydrogens (tertiary/aromatic N) is 11. The number of para-hydroxylation sites is 10. The van der Waals surface area contributed by atoms with Crippen LogP contribution in [0.25, 0.3) is 76.6 Å². The number of methoxy groups -OCH3 is 1. The first kappa shape index (κ1) is 118. The average molecular weight is 2150 g/mol. The standard InChI is InChI=1S/C16H16F3NO2S.C15H23N2O5P.C15H18N2O5.C15H18N2O3.C14H18N2O4.C13H12F3NO4S2.C13H18N2O2/c1-9(2)22-14(21)8-13-10(3)20-15(23-13)11-4-6-12(7-5-11)16(17,18)19;1-5-19-23(18,22-12(2)3)20-11-10-17(4)15-16-13-8-6-7-9-14(13)21-15;1-9(2)13(18)21-8-11(14(19)20-3)17-15-16-10-6-4-5-7-12(10)22-15;1-10(2)19-14(18)12-7-5-9-17(12)15-16-11-6-3-4-8-13(11)20-15;1-10(2)19-14(17)18-9-8-16(3)13-15-11-6-4-5-7-12(11)20-13;1-8-11(7-21-23(18,19)20-2)22-12(17-8)9-3-5-10(6-4-9)13(14,15)16;1-10(2)16-9-8-15(3)13-14-11-6-4-5-7-12(11)17-13/h4-7,9H,8H2,1-3H3;6-9,12H,5,10-11H2,1-4H3;4-7,9,11H,8H2,1-3H3,(H,16,17);3-4,6,8,10,12H,5,7,9H2,1-2H3;4-7,10H,8-9H2,1-3H3;3-6H,7H2,1-2H3;4-7,10H,8-9H2,1-3H3/t;;11-;12-;;;/m..10.../s1. The molecule has 1 fully saturated rings. The van der Waals surface area contributed by atoms with Gasteiger partial charge < -0.3 is 80.2 Å². The third-order valence-electron chi connectivity index (χ3n) is 20.2. The fraction of sp³-hybridized carbons (Fsp3) is 0.426. The number of ether oxygens (including phenoxy) is 7. The lowest BCUT2D eigenvalue weighted by molar-refractivity contribution is -0.152. The number of esters is 4.